The first-order chi connectivity index (χ1) is 9.61. The SMILES string of the molecule is COc1c(Br)cc(CNCC(C)N2CCCC2)cc1Br. The highest BCUT2D eigenvalue weighted by Crippen LogP contribution is 2.34. The number of methoxy groups -OCH3 is 1. The van der Waals surface area contributed by atoms with E-state index >= 15 is 0 Å². The number of benzene rings is 1. The molecule has 2 rings (SSSR count). The van der Waals surface area contributed by atoms with Crippen LogP contribution in [0.3, 0.4) is 0 Å². The molecule has 0 radical (unpaired) electrons. The zero-order chi connectivity index (χ0) is 14.5. The maximum absolute atomic E-state index is 5.32. The van der Waals surface area contributed by atoms with Gasteiger partial charge >= 0.3 is 0 Å². The van der Waals surface area contributed by atoms with Gasteiger partial charge in [0, 0.05) is 19.1 Å². The monoisotopic (exact) mass is 404 g/mol. The van der Waals surface area contributed by atoms with E-state index in [1.807, 2.05) is 0 Å². The standard InChI is InChI=1S/C15H22Br2N2O/c1-11(19-5-3-4-6-19)9-18-10-12-7-13(16)15(20-2)14(17)8-12/h7-8,11,18H,3-6,9-10H2,1-2H3. The highest BCUT2D eigenvalue weighted by Gasteiger charge is 2.17. The molecule has 1 unspecified atom stereocenters. The molecule has 1 fully saturated rings. The fraction of sp³-hybridized carbons (Fsp3) is 0.600. The molecule has 0 aliphatic carbocycles. The van der Waals surface area contributed by atoms with Crippen LogP contribution in [0.5, 0.6) is 5.75 Å². The predicted molar refractivity (Wildman–Crippen MR) is 90.4 cm³/mol. The van der Waals surface area contributed by atoms with Gasteiger partial charge in [0.05, 0.1) is 16.1 Å². The zero-order valence-electron chi connectivity index (χ0n) is 12.1. The molecule has 1 aromatic rings. The number of nitrogens with zero attached hydrogens (tertiary/aromatic N) is 1. The number of halogens is 2. The van der Waals surface area contributed by atoms with E-state index in [9.17, 15) is 0 Å². The lowest BCUT2D eigenvalue weighted by Gasteiger charge is -2.24. The minimum Gasteiger partial charge on any atom is -0.494 e. The second kappa shape index (κ2) is 7.78. The molecule has 112 valence electrons. The third-order valence-corrected chi connectivity index (χ3v) is 4.97. The van der Waals surface area contributed by atoms with Gasteiger partial charge in [0.2, 0.25) is 0 Å². The summed E-state index contributed by atoms with van der Waals surface area (Å²) in [6, 6.07) is 4.83. The number of rotatable bonds is 6. The Labute approximate surface area is 138 Å². The van der Waals surface area contributed by atoms with Crippen LogP contribution in [-0.2, 0) is 6.54 Å². The molecule has 1 aliphatic rings. The van der Waals surface area contributed by atoms with Crippen molar-refractivity contribution in [3.63, 3.8) is 0 Å². The van der Waals surface area contributed by atoms with Crippen LogP contribution in [-0.4, -0.2) is 37.7 Å². The Hall–Kier alpha value is -0.100. The molecule has 0 spiro atoms. The third-order valence-electron chi connectivity index (χ3n) is 3.80. The summed E-state index contributed by atoms with van der Waals surface area (Å²) in [5.41, 5.74) is 1.25. The molecule has 1 saturated heterocycles. The summed E-state index contributed by atoms with van der Waals surface area (Å²) in [5, 5.41) is 3.55. The summed E-state index contributed by atoms with van der Waals surface area (Å²) in [4.78, 5) is 2.56. The Balaban J connectivity index is 1.84. The van der Waals surface area contributed by atoms with Crippen molar-refractivity contribution in [1.29, 1.82) is 0 Å². The van der Waals surface area contributed by atoms with Crippen LogP contribution in [0, 0.1) is 0 Å². The lowest BCUT2D eigenvalue weighted by atomic mass is 10.2. The van der Waals surface area contributed by atoms with Crippen molar-refractivity contribution in [2.45, 2.75) is 32.4 Å². The van der Waals surface area contributed by atoms with Gasteiger partial charge in [-0.15, -0.1) is 0 Å². The summed E-state index contributed by atoms with van der Waals surface area (Å²) in [6.45, 7) is 6.71. The quantitative estimate of drug-likeness (QED) is 0.778. The lowest BCUT2D eigenvalue weighted by molar-refractivity contribution is 0.251. The molecule has 0 bridgehead atoms. The normalized spacial score (nSPS) is 17.4. The molecule has 0 amide bonds. The van der Waals surface area contributed by atoms with E-state index in [1.165, 1.54) is 31.5 Å². The smallest absolute Gasteiger partial charge is 0.147 e. The van der Waals surface area contributed by atoms with Crippen LogP contribution in [0.25, 0.3) is 0 Å². The van der Waals surface area contributed by atoms with Crippen molar-refractivity contribution in [3.8, 4) is 5.75 Å². The van der Waals surface area contributed by atoms with Gasteiger partial charge < -0.3 is 10.1 Å². The van der Waals surface area contributed by atoms with E-state index in [2.05, 4.69) is 61.1 Å². The second-order valence-electron chi connectivity index (χ2n) is 5.32. The van der Waals surface area contributed by atoms with E-state index in [0.717, 1.165) is 27.8 Å². The summed E-state index contributed by atoms with van der Waals surface area (Å²) < 4.78 is 7.29. The van der Waals surface area contributed by atoms with Crippen LogP contribution >= 0.6 is 31.9 Å². The Bertz CT molecular complexity index is 424. The van der Waals surface area contributed by atoms with Crippen LogP contribution in [0.2, 0.25) is 0 Å². The molecule has 20 heavy (non-hydrogen) atoms. The Morgan fingerprint density at radius 2 is 1.85 bits per heavy atom. The van der Waals surface area contributed by atoms with Gasteiger partial charge in [0.15, 0.2) is 0 Å². The van der Waals surface area contributed by atoms with Crippen molar-refractivity contribution in [1.82, 2.24) is 10.2 Å². The largest absolute Gasteiger partial charge is 0.494 e. The summed E-state index contributed by atoms with van der Waals surface area (Å²) in [5.74, 6) is 0.846. The van der Waals surface area contributed by atoms with Gasteiger partial charge in [0.1, 0.15) is 5.75 Å². The Morgan fingerprint density at radius 1 is 1.25 bits per heavy atom. The highest BCUT2D eigenvalue weighted by atomic mass is 79.9. The van der Waals surface area contributed by atoms with E-state index in [1.54, 1.807) is 7.11 Å². The maximum atomic E-state index is 5.32. The number of likely N-dealkylation sites (tertiary alicyclic amines) is 1. The van der Waals surface area contributed by atoms with Crippen LogP contribution in [0.15, 0.2) is 21.1 Å². The average Bonchev–Trinajstić information content (AvgIpc) is 2.92. The van der Waals surface area contributed by atoms with E-state index in [4.69, 9.17) is 4.74 Å². The first-order valence-electron chi connectivity index (χ1n) is 7.08. The molecule has 3 nitrogen and oxygen atoms in total. The van der Waals surface area contributed by atoms with Gasteiger partial charge in [-0.1, -0.05) is 0 Å². The molecular formula is C15H22Br2N2O. The van der Waals surface area contributed by atoms with Crippen LogP contribution in [0.4, 0.5) is 0 Å². The molecule has 1 atom stereocenters. The molecule has 0 saturated carbocycles. The van der Waals surface area contributed by atoms with Crippen LogP contribution < -0.4 is 10.1 Å². The van der Waals surface area contributed by atoms with Gasteiger partial charge in [-0.2, -0.15) is 0 Å². The third kappa shape index (κ3) is 4.20. The molecule has 1 aliphatic heterocycles. The van der Waals surface area contributed by atoms with Gasteiger partial charge in [-0.05, 0) is 82.4 Å². The number of hydrogen-bond donors (Lipinski definition) is 1. The van der Waals surface area contributed by atoms with E-state index in [0.29, 0.717) is 6.04 Å². The van der Waals surface area contributed by atoms with Gasteiger partial charge in [-0.3, -0.25) is 4.90 Å². The van der Waals surface area contributed by atoms with Crippen molar-refractivity contribution in [3.05, 3.63) is 26.6 Å². The zero-order valence-corrected chi connectivity index (χ0v) is 15.3. The Kier molecular flexibility index (Phi) is 6.33. The van der Waals surface area contributed by atoms with Crippen LogP contribution in [0.1, 0.15) is 25.3 Å². The highest BCUT2D eigenvalue weighted by molar-refractivity contribution is 9.11. The minimum atomic E-state index is 0.614. The molecular weight excluding hydrogens is 384 g/mol. The number of ether oxygens (including phenoxy) is 1. The summed E-state index contributed by atoms with van der Waals surface area (Å²) in [6.07, 6.45) is 2.70. The second-order valence-corrected chi connectivity index (χ2v) is 7.02. The molecule has 1 N–H and O–H groups in total. The average molecular weight is 406 g/mol. The number of hydrogen-bond acceptors (Lipinski definition) is 3. The first kappa shape index (κ1) is 16.3. The predicted octanol–water partition coefficient (Wildman–Crippen LogP) is 3.79. The summed E-state index contributed by atoms with van der Waals surface area (Å²) in [7, 11) is 1.68. The topological polar surface area (TPSA) is 24.5 Å². The van der Waals surface area contributed by atoms with Gasteiger partial charge in [-0.25, -0.2) is 0 Å². The molecule has 0 aromatic heterocycles. The van der Waals surface area contributed by atoms with Crippen molar-refractivity contribution >= 4 is 31.9 Å². The number of nitrogens with one attached hydrogen (secondary N) is 1. The van der Waals surface area contributed by atoms with Crippen molar-refractivity contribution in [2.24, 2.45) is 0 Å². The van der Waals surface area contributed by atoms with Gasteiger partial charge in [0.25, 0.3) is 0 Å². The fourth-order valence-electron chi connectivity index (χ4n) is 2.65. The van der Waals surface area contributed by atoms with E-state index in [-0.39, 0.29) is 0 Å². The molecule has 5 heteroatoms. The van der Waals surface area contributed by atoms with Crippen molar-refractivity contribution < 1.29 is 4.74 Å². The first-order valence-corrected chi connectivity index (χ1v) is 8.67. The molecule has 1 heterocycles. The fourth-order valence-corrected chi connectivity index (χ4v) is 4.25. The molecule has 1 aromatic carbocycles. The maximum Gasteiger partial charge on any atom is 0.147 e. The Morgan fingerprint density at radius 3 is 2.40 bits per heavy atom. The minimum absolute atomic E-state index is 0.614. The van der Waals surface area contributed by atoms with Crippen molar-refractivity contribution in [2.75, 3.05) is 26.7 Å². The lowest BCUT2D eigenvalue weighted by Crippen LogP contribution is -2.38. The van der Waals surface area contributed by atoms with E-state index < -0.39 is 0 Å². The summed E-state index contributed by atoms with van der Waals surface area (Å²) >= 11 is 7.08.